The van der Waals surface area contributed by atoms with Gasteiger partial charge in [-0.1, -0.05) is 19.1 Å². The van der Waals surface area contributed by atoms with Gasteiger partial charge in [0.15, 0.2) is 0 Å². The molecule has 1 heterocycles. The van der Waals surface area contributed by atoms with E-state index in [1.807, 2.05) is 31.2 Å². The van der Waals surface area contributed by atoms with Crippen LogP contribution < -0.4 is 10.1 Å². The van der Waals surface area contributed by atoms with E-state index < -0.39 is 0 Å². The Balaban J connectivity index is 2.03. The van der Waals surface area contributed by atoms with E-state index >= 15 is 0 Å². The number of nitrogens with one attached hydrogen (secondary N) is 1. The first-order chi connectivity index (χ1) is 9.65. The summed E-state index contributed by atoms with van der Waals surface area (Å²) < 4.78 is 5.18. The maximum Gasteiger partial charge on any atom is 0.243 e. The number of benzene rings is 1. The number of ether oxygens (including phenoxy) is 1. The Kier molecular flexibility index (Phi) is 4.61. The molecular weight excluding hydrogens is 256 g/mol. The molecule has 1 aromatic rings. The van der Waals surface area contributed by atoms with E-state index in [0.717, 1.165) is 11.3 Å². The van der Waals surface area contributed by atoms with Crippen LogP contribution in [0.15, 0.2) is 24.3 Å². The van der Waals surface area contributed by atoms with Crippen molar-refractivity contribution in [2.45, 2.75) is 25.8 Å². The van der Waals surface area contributed by atoms with E-state index in [0.29, 0.717) is 19.4 Å². The SMILES string of the molecule is CCC1C(=O)NCC(=O)N1CCc1cccc(OC)c1. The van der Waals surface area contributed by atoms with Gasteiger partial charge in [0.05, 0.1) is 13.7 Å². The average molecular weight is 276 g/mol. The number of hydrogen-bond acceptors (Lipinski definition) is 3. The molecule has 5 nitrogen and oxygen atoms in total. The lowest BCUT2D eigenvalue weighted by molar-refractivity contribution is -0.145. The van der Waals surface area contributed by atoms with E-state index in [1.54, 1.807) is 12.0 Å². The fraction of sp³-hybridized carbons (Fsp3) is 0.467. The highest BCUT2D eigenvalue weighted by atomic mass is 16.5. The molecule has 0 aromatic heterocycles. The van der Waals surface area contributed by atoms with E-state index in [4.69, 9.17) is 4.74 Å². The van der Waals surface area contributed by atoms with Gasteiger partial charge < -0.3 is 15.0 Å². The lowest BCUT2D eigenvalue weighted by Crippen LogP contribution is -2.58. The van der Waals surface area contributed by atoms with Gasteiger partial charge in [-0.25, -0.2) is 0 Å². The van der Waals surface area contributed by atoms with E-state index in [1.165, 1.54) is 0 Å². The minimum absolute atomic E-state index is 0.0145. The van der Waals surface area contributed by atoms with E-state index in [9.17, 15) is 9.59 Å². The maximum absolute atomic E-state index is 11.9. The lowest BCUT2D eigenvalue weighted by Gasteiger charge is -2.34. The summed E-state index contributed by atoms with van der Waals surface area (Å²) in [7, 11) is 1.63. The van der Waals surface area contributed by atoms with Gasteiger partial charge in [-0.15, -0.1) is 0 Å². The normalized spacial score (nSPS) is 18.9. The molecule has 2 amide bonds. The first-order valence-corrected chi connectivity index (χ1v) is 6.85. The molecule has 1 aliphatic heterocycles. The third-order valence-corrected chi connectivity index (χ3v) is 3.58. The Morgan fingerprint density at radius 2 is 2.20 bits per heavy atom. The van der Waals surface area contributed by atoms with Crippen LogP contribution in [0.5, 0.6) is 5.75 Å². The summed E-state index contributed by atoms with van der Waals surface area (Å²) in [5.41, 5.74) is 1.10. The zero-order valence-corrected chi connectivity index (χ0v) is 11.9. The summed E-state index contributed by atoms with van der Waals surface area (Å²) in [5, 5.41) is 2.63. The van der Waals surface area contributed by atoms with Gasteiger partial charge in [0.25, 0.3) is 0 Å². The molecule has 1 atom stereocenters. The van der Waals surface area contributed by atoms with Crippen LogP contribution in [0.1, 0.15) is 18.9 Å². The molecule has 0 aliphatic carbocycles. The van der Waals surface area contributed by atoms with Crippen LogP contribution in [0, 0.1) is 0 Å². The Bertz CT molecular complexity index is 502. The van der Waals surface area contributed by atoms with Crippen LogP contribution in [0.25, 0.3) is 0 Å². The van der Waals surface area contributed by atoms with Crippen molar-refractivity contribution >= 4 is 11.8 Å². The number of hydrogen-bond donors (Lipinski definition) is 1. The molecule has 1 aliphatic rings. The third kappa shape index (κ3) is 3.10. The fourth-order valence-corrected chi connectivity index (χ4v) is 2.46. The molecule has 1 N–H and O–H groups in total. The van der Waals surface area contributed by atoms with Gasteiger partial charge in [0.2, 0.25) is 11.8 Å². The third-order valence-electron chi connectivity index (χ3n) is 3.58. The molecule has 1 aromatic carbocycles. The van der Waals surface area contributed by atoms with Crippen LogP contribution in [0.2, 0.25) is 0 Å². The van der Waals surface area contributed by atoms with Crippen molar-refractivity contribution in [2.24, 2.45) is 0 Å². The van der Waals surface area contributed by atoms with Crippen LogP contribution in [0.3, 0.4) is 0 Å². The Morgan fingerprint density at radius 1 is 1.40 bits per heavy atom. The largest absolute Gasteiger partial charge is 0.497 e. The van der Waals surface area contributed by atoms with Crippen molar-refractivity contribution in [3.05, 3.63) is 29.8 Å². The maximum atomic E-state index is 11.9. The highest BCUT2D eigenvalue weighted by molar-refractivity contribution is 5.94. The molecular formula is C15H20N2O3. The molecule has 108 valence electrons. The number of nitrogens with zero attached hydrogens (tertiary/aromatic N) is 1. The molecule has 1 saturated heterocycles. The lowest BCUT2D eigenvalue weighted by atomic mass is 10.1. The van der Waals surface area contributed by atoms with Gasteiger partial charge in [-0.2, -0.15) is 0 Å². The summed E-state index contributed by atoms with van der Waals surface area (Å²) >= 11 is 0. The number of carbonyl (C=O) groups is 2. The predicted molar refractivity (Wildman–Crippen MR) is 75.5 cm³/mol. The van der Waals surface area contributed by atoms with Crippen LogP contribution in [-0.4, -0.2) is 43.0 Å². The molecule has 0 bridgehead atoms. The Hall–Kier alpha value is -2.04. The topological polar surface area (TPSA) is 58.6 Å². The molecule has 0 saturated carbocycles. The molecule has 1 unspecified atom stereocenters. The fourth-order valence-electron chi connectivity index (χ4n) is 2.46. The molecule has 2 rings (SSSR count). The second-order valence-corrected chi connectivity index (χ2v) is 4.83. The van der Waals surface area contributed by atoms with Crippen molar-refractivity contribution in [3.63, 3.8) is 0 Å². The number of carbonyl (C=O) groups excluding carboxylic acids is 2. The zero-order valence-electron chi connectivity index (χ0n) is 11.9. The smallest absolute Gasteiger partial charge is 0.243 e. The summed E-state index contributed by atoms with van der Waals surface area (Å²) in [6.07, 6.45) is 1.35. The second-order valence-electron chi connectivity index (χ2n) is 4.83. The molecule has 0 spiro atoms. The van der Waals surface area contributed by atoms with Gasteiger partial charge in [0.1, 0.15) is 11.8 Å². The van der Waals surface area contributed by atoms with Crippen LogP contribution in [0.4, 0.5) is 0 Å². The van der Waals surface area contributed by atoms with Gasteiger partial charge in [-0.05, 0) is 30.5 Å². The molecule has 5 heteroatoms. The standard InChI is InChI=1S/C15H20N2O3/c1-3-13-15(19)16-10-14(18)17(13)8-7-11-5-4-6-12(9-11)20-2/h4-6,9,13H,3,7-8,10H2,1-2H3,(H,16,19). The quantitative estimate of drug-likeness (QED) is 0.872. The first-order valence-electron chi connectivity index (χ1n) is 6.85. The van der Waals surface area contributed by atoms with Crippen molar-refractivity contribution in [2.75, 3.05) is 20.2 Å². The number of methoxy groups -OCH3 is 1. The number of piperazine rings is 1. The van der Waals surface area contributed by atoms with Gasteiger partial charge >= 0.3 is 0 Å². The highest BCUT2D eigenvalue weighted by Crippen LogP contribution is 2.15. The van der Waals surface area contributed by atoms with E-state index in [2.05, 4.69) is 5.32 Å². The first kappa shape index (κ1) is 14.4. The van der Waals surface area contributed by atoms with Crippen molar-refractivity contribution in [1.29, 1.82) is 0 Å². The average Bonchev–Trinajstić information content (AvgIpc) is 2.48. The van der Waals surface area contributed by atoms with Crippen molar-refractivity contribution in [1.82, 2.24) is 10.2 Å². The van der Waals surface area contributed by atoms with Crippen molar-refractivity contribution in [3.8, 4) is 5.75 Å². The highest BCUT2D eigenvalue weighted by Gasteiger charge is 2.32. The zero-order chi connectivity index (χ0) is 14.5. The molecule has 1 fully saturated rings. The Labute approximate surface area is 118 Å². The number of amides is 2. The molecule has 20 heavy (non-hydrogen) atoms. The monoisotopic (exact) mass is 276 g/mol. The second kappa shape index (κ2) is 6.41. The van der Waals surface area contributed by atoms with Gasteiger partial charge in [-0.3, -0.25) is 9.59 Å². The Morgan fingerprint density at radius 3 is 2.90 bits per heavy atom. The van der Waals surface area contributed by atoms with Crippen molar-refractivity contribution < 1.29 is 14.3 Å². The van der Waals surface area contributed by atoms with Crippen LogP contribution in [-0.2, 0) is 16.0 Å². The predicted octanol–water partition coefficient (Wildman–Crippen LogP) is 0.975. The summed E-state index contributed by atoms with van der Waals surface area (Å²) in [6.45, 7) is 2.58. The van der Waals surface area contributed by atoms with E-state index in [-0.39, 0.29) is 24.4 Å². The minimum atomic E-state index is -0.346. The van der Waals surface area contributed by atoms with Gasteiger partial charge in [0, 0.05) is 6.54 Å². The number of rotatable bonds is 5. The molecule has 0 radical (unpaired) electrons. The summed E-state index contributed by atoms with van der Waals surface area (Å²) in [6, 6.07) is 7.42. The summed E-state index contributed by atoms with van der Waals surface area (Å²) in [4.78, 5) is 25.4. The minimum Gasteiger partial charge on any atom is -0.497 e. The van der Waals surface area contributed by atoms with Crippen LogP contribution >= 0.6 is 0 Å². The summed E-state index contributed by atoms with van der Waals surface area (Å²) in [5.74, 6) is 0.731.